The normalized spacial score (nSPS) is 9.64. The van der Waals surface area contributed by atoms with Crippen molar-refractivity contribution in [1.82, 2.24) is 5.32 Å². The van der Waals surface area contributed by atoms with Gasteiger partial charge in [0, 0.05) is 5.69 Å². The Hall–Kier alpha value is -3.00. The number of nitrogens with zero attached hydrogens (tertiary/aromatic N) is 1. The van der Waals surface area contributed by atoms with E-state index in [0.29, 0.717) is 24.4 Å². The number of hydrogen-bond acceptors (Lipinski definition) is 3. The molecule has 0 spiro atoms. The topological polar surface area (TPSA) is 74.2 Å². The monoisotopic (exact) mass is 295 g/mol. The van der Waals surface area contributed by atoms with Gasteiger partial charge >= 0.3 is 6.03 Å². The SMILES string of the molecule is Cc1ccccc1OCCNC(=O)Nc1cccc(C#N)c1. The van der Waals surface area contributed by atoms with Crippen LogP contribution in [0.3, 0.4) is 0 Å². The lowest BCUT2D eigenvalue weighted by molar-refractivity contribution is 0.247. The number of hydrogen-bond donors (Lipinski definition) is 2. The third-order valence-electron chi connectivity index (χ3n) is 2.99. The Morgan fingerprint density at radius 1 is 1.23 bits per heavy atom. The number of carbonyl (C=O) groups excluding carboxylic acids is 1. The smallest absolute Gasteiger partial charge is 0.319 e. The fraction of sp³-hybridized carbons (Fsp3) is 0.176. The van der Waals surface area contributed by atoms with Crippen LogP contribution in [0.4, 0.5) is 10.5 Å². The van der Waals surface area contributed by atoms with E-state index in [0.717, 1.165) is 11.3 Å². The molecule has 0 aliphatic rings. The van der Waals surface area contributed by atoms with Crippen molar-refractivity contribution >= 4 is 11.7 Å². The lowest BCUT2D eigenvalue weighted by Gasteiger charge is -2.10. The lowest BCUT2D eigenvalue weighted by atomic mass is 10.2. The van der Waals surface area contributed by atoms with Gasteiger partial charge in [0.15, 0.2) is 0 Å². The molecule has 2 aromatic rings. The summed E-state index contributed by atoms with van der Waals surface area (Å²) in [5.74, 6) is 0.812. The first kappa shape index (κ1) is 15.4. The van der Waals surface area contributed by atoms with Crippen molar-refractivity contribution in [3.63, 3.8) is 0 Å². The van der Waals surface area contributed by atoms with E-state index in [2.05, 4.69) is 10.6 Å². The van der Waals surface area contributed by atoms with E-state index in [1.165, 1.54) is 0 Å². The second kappa shape index (κ2) is 7.70. The summed E-state index contributed by atoms with van der Waals surface area (Å²) in [6.45, 7) is 2.74. The highest BCUT2D eigenvalue weighted by atomic mass is 16.5. The quantitative estimate of drug-likeness (QED) is 0.832. The van der Waals surface area contributed by atoms with E-state index in [1.807, 2.05) is 37.3 Å². The van der Waals surface area contributed by atoms with Gasteiger partial charge in [-0.15, -0.1) is 0 Å². The second-order valence-electron chi connectivity index (χ2n) is 4.69. The Bertz CT molecular complexity index is 692. The van der Waals surface area contributed by atoms with Gasteiger partial charge in [-0.25, -0.2) is 4.79 Å². The maximum atomic E-state index is 11.7. The minimum atomic E-state index is -0.330. The molecular formula is C17H17N3O2. The van der Waals surface area contributed by atoms with Gasteiger partial charge in [0.25, 0.3) is 0 Å². The van der Waals surface area contributed by atoms with Crippen LogP contribution >= 0.6 is 0 Å². The highest BCUT2D eigenvalue weighted by Gasteiger charge is 2.02. The molecule has 5 nitrogen and oxygen atoms in total. The summed E-state index contributed by atoms with van der Waals surface area (Å²) in [7, 11) is 0. The van der Waals surface area contributed by atoms with E-state index >= 15 is 0 Å². The van der Waals surface area contributed by atoms with Gasteiger partial charge < -0.3 is 15.4 Å². The van der Waals surface area contributed by atoms with Gasteiger partial charge in [-0.2, -0.15) is 5.26 Å². The highest BCUT2D eigenvalue weighted by Crippen LogP contribution is 2.15. The number of anilines is 1. The van der Waals surface area contributed by atoms with Gasteiger partial charge in [0.2, 0.25) is 0 Å². The van der Waals surface area contributed by atoms with Crippen molar-refractivity contribution in [2.45, 2.75) is 6.92 Å². The summed E-state index contributed by atoms with van der Waals surface area (Å²) in [6.07, 6.45) is 0. The van der Waals surface area contributed by atoms with Gasteiger partial charge in [-0.3, -0.25) is 0 Å². The number of amides is 2. The summed E-state index contributed by atoms with van der Waals surface area (Å²) >= 11 is 0. The van der Waals surface area contributed by atoms with Crippen LogP contribution in [0, 0.1) is 18.3 Å². The molecule has 5 heteroatoms. The van der Waals surface area contributed by atoms with Crippen molar-refractivity contribution < 1.29 is 9.53 Å². The summed E-state index contributed by atoms with van der Waals surface area (Å²) < 4.78 is 5.59. The Morgan fingerprint density at radius 2 is 2.05 bits per heavy atom. The van der Waals surface area contributed by atoms with Crippen LogP contribution in [-0.4, -0.2) is 19.2 Å². The number of ether oxygens (including phenoxy) is 1. The first-order valence-corrected chi connectivity index (χ1v) is 6.92. The number of rotatable bonds is 5. The zero-order valence-electron chi connectivity index (χ0n) is 12.3. The molecule has 0 aromatic heterocycles. The lowest BCUT2D eigenvalue weighted by Crippen LogP contribution is -2.32. The fourth-order valence-electron chi connectivity index (χ4n) is 1.89. The molecule has 0 aliphatic heterocycles. The summed E-state index contributed by atoms with van der Waals surface area (Å²) in [5.41, 5.74) is 2.14. The average Bonchev–Trinajstić information content (AvgIpc) is 2.53. The van der Waals surface area contributed by atoms with Gasteiger partial charge in [-0.05, 0) is 36.8 Å². The molecule has 0 unspecified atom stereocenters. The standard InChI is InChI=1S/C17H17N3O2/c1-13-5-2-3-8-16(13)22-10-9-19-17(21)20-15-7-4-6-14(11-15)12-18/h2-8,11H,9-10H2,1H3,(H2,19,20,21). The van der Waals surface area contributed by atoms with Crippen molar-refractivity contribution in [3.05, 3.63) is 59.7 Å². The zero-order chi connectivity index (χ0) is 15.8. The average molecular weight is 295 g/mol. The van der Waals surface area contributed by atoms with E-state index in [4.69, 9.17) is 10.00 Å². The number of aryl methyl sites for hydroxylation is 1. The van der Waals surface area contributed by atoms with E-state index < -0.39 is 0 Å². The van der Waals surface area contributed by atoms with Crippen LogP contribution in [0.25, 0.3) is 0 Å². The fourth-order valence-corrected chi connectivity index (χ4v) is 1.89. The molecule has 22 heavy (non-hydrogen) atoms. The molecular weight excluding hydrogens is 278 g/mol. The molecule has 112 valence electrons. The minimum Gasteiger partial charge on any atom is -0.491 e. The third-order valence-corrected chi connectivity index (χ3v) is 2.99. The van der Waals surface area contributed by atoms with Gasteiger partial charge in [0.1, 0.15) is 12.4 Å². The van der Waals surface area contributed by atoms with Gasteiger partial charge in [0.05, 0.1) is 18.2 Å². The molecule has 2 N–H and O–H groups in total. The Labute approximate surface area is 129 Å². The largest absolute Gasteiger partial charge is 0.491 e. The maximum absolute atomic E-state index is 11.7. The molecule has 0 bridgehead atoms. The molecule has 0 fully saturated rings. The summed E-state index contributed by atoms with van der Waals surface area (Å²) in [4.78, 5) is 11.7. The Kier molecular flexibility index (Phi) is 5.38. The van der Waals surface area contributed by atoms with E-state index in [9.17, 15) is 4.79 Å². The predicted molar refractivity (Wildman–Crippen MR) is 84.9 cm³/mol. The molecule has 2 rings (SSSR count). The molecule has 0 radical (unpaired) electrons. The molecule has 0 aliphatic carbocycles. The van der Waals surface area contributed by atoms with Crippen LogP contribution < -0.4 is 15.4 Å². The maximum Gasteiger partial charge on any atom is 0.319 e. The number of benzene rings is 2. The van der Waals surface area contributed by atoms with Crippen LogP contribution in [0.15, 0.2) is 48.5 Å². The van der Waals surface area contributed by atoms with Crippen molar-refractivity contribution in [3.8, 4) is 11.8 Å². The van der Waals surface area contributed by atoms with Crippen LogP contribution in [-0.2, 0) is 0 Å². The number of nitrogens with one attached hydrogen (secondary N) is 2. The van der Waals surface area contributed by atoms with Crippen LogP contribution in [0.1, 0.15) is 11.1 Å². The highest BCUT2D eigenvalue weighted by molar-refractivity contribution is 5.89. The number of carbonyl (C=O) groups is 1. The molecule has 0 heterocycles. The summed E-state index contributed by atoms with van der Waals surface area (Å²) in [6, 6.07) is 16.1. The Balaban J connectivity index is 1.74. The number of nitriles is 1. The van der Waals surface area contributed by atoms with Crippen molar-refractivity contribution in [1.29, 1.82) is 5.26 Å². The molecule has 0 saturated heterocycles. The first-order valence-electron chi connectivity index (χ1n) is 6.92. The Morgan fingerprint density at radius 3 is 2.82 bits per heavy atom. The number of para-hydroxylation sites is 1. The van der Waals surface area contributed by atoms with Gasteiger partial charge in [-0.1, -0.05) is 24.3 Å². The minimum absolute atomic E-state index is 0.330. The van der Waals surface area contributed by atoms with Crippen LogP contribution in [0.5, 0.6) is 5.75 Å². The summed E-state index contributed by atoms with van der Waals surface area (Å²) in [5, 5.41) is 14.2. The second-order valence-corrected chi connectivity index (χ2v) is 4.69. The van der Waals surface area contributed by atoms with E-state index in [-0.39, 0.29) is 6.03 Å². The number of urea groups is 1. The molecule has 0 atom stereocenters. The molecule has 2 aromatic carbocycles. The first-order chi connectivity index (χ1) is 10.7. The van der Waals surface area contributed by atoms with E-state index in [1.54, 1.807) is 24.3 Å². The third kappa shape index (κ3) is 4.53. The van der Waals surface area contributed by atoms with Crippen molar-refractivity contribution in [2.75, 3.05) is 18.5 Å². The van der Waals surface area contributed by atoms with Crippen molar-refractivity contribution in [2.24, 2.45) is 0 Å². The van der Waals surface area contributed by atoms with Crippen LogP contribution in [0.2, 0.25) is 0 Å². The zero-order valence-corrected chi connectivity index (χ0v) is 12.3. The predicted octanol–water partition coefficient (Wildman–Crippen LogP) is 3.07. The molecule has 0 saturated carbocycles. The molecule has 2 amide bonds.